The third-order valence-electron chi connectivity index (χ3n) is 6.76. The summed E-state index contributed by atoms with van der Waals surface area (Å²) in [5, 5.41) is 19.7. The first kappa shape index (κ1) is 33.3. The molecule has 0 saturated heterocycles. The highest BCUT2D eigenvalue weighted by Crippen LogP contribution is 2.22. The standard InChI is InChI=1S/C36H40N4O4/c1-24-10-7-8-12-26(3)30(13-9-11-24)28-14-16-29(17-15-28)31(21-34(42)43)39-33(41)23-38-35(44)27(4)22-36(5,6)40-32-20-25(2)18-19-37-32/h7-21,27H,1,3,22-23H2,2,4-6H3,(H,37,40)(H,38,44)(H,39,41)(H,42,43)/b10-7?,11-9?,12-8?,30-13?,31-21+. The molecule has 0 aliphatic heterocycles. The second-order valence-electron chi connectivity index (χ2n) is 11.3. The van der Waals surface area contributed by atoms with Gasteiger partial charge in [-0.05, 0) is 72.0 Å². The second kappa shape index (κ2) is 15.3. The molecule has 1 aromatic heterocycles. The van der Waals surface area contributed by atoms with Gasteiger partial charge in [-0.3, -0.25) is 9.59 Å². The lowest BCUT2D eigenvalue weighted by molar-refractivity contribution is -0.131. The maximum atomic E-state index is 12.8. The summed E-state index contributed by atoms with van der Waals surface area (Å²) in [6.45, 7) is 15.6. The van der Waals surface area contributed by atoms with Gasteiger partial charge in [0.05, 0.1) is 12.2 Å². The van der Waals surface area contributed by atoms with Crippen molar-refractivity contribution < 1.29 is 19.5 Å². The molecule has 8 nitrogen and oxygen atoms in total. The first-order valence-corrected chi connectivity index (χ1v) is 14.3. The molecule has 2 aromatic carbocycles. The van der Waals surface area contributed by atoms with E-state index in [0.29, 0.717) is 12.0 Å². The highest BCUT2D eigenvalue weighted by molar-refractivity contribution is 5.96. The van der Waals surface area contributed by atoms with Gasteiger partial charge < -0.3 is 21.1 Å². The van der Waals surface area contributed by atoms with Crippen molar-refractivity contribution in [1.82, 2.24) is 15.6 Å². The normalized spacial score (nSPS) is 12.0. The van der Waals surface area contributed by atoms with Crippen molar-refractivity contribution in [2.75, 3.05) is 11.9 Å². The van der Waals surface area contributed by atoms with Gasteiger partial charge in [0.2, 0.25) is 11.8 Å². The van der Waals surface area contributed by atoms with Crippen LogP contribution in [-0.4, -0.2) is 40.0 Å². The van der Waals surface area contributed by atoms with Crippen LogP contribution in [0.1, 0.15) is 38.3 Å². The van der Waals surface area contributed by atoms with Crippen LogP contribution in [0, 0.1) is 12.8 Å². The number of benzene rings is 1. The molecular formula is C36H40N4O4. The predicted octanol–water partition coefficient (Wildman–Crippen LogP) is 4.58. The number of carboxylic acid groups (broad SMARTS) is 1. The highest BCUT2D eigenvalue weighted by Gasteiger charge is 2.25. The Morgan fingerprint density at radius 3 is 2.34 bits per heavy atom. The van der Waals surface area contributed by atoms with Crippen LogP contribution in [0.4, 0.5) is 5.82 Å². The zero-order valence-electron chi connectivity index (χ0n) is 25.7. The quantitative estimate of drug-likeness (QED) is 0.242. The molecule has 2 amide bonds. The summed E-state index contributed by atoms with van der Waals surface area (Å²) >= 11 is 0. The molecule has 44 heavy (non-hydrogen) atoms. The Kier molecular flexibility index (Phi) is 11.6. The number of amides is 2. The number of hydrogen-bond acceptors (Lipinski definition) is 5. The summed E-state index contributed by atoms with van der Waals surface area (Å²) in [5.74, 6) is -1.73. The van der Waals surface area contributed by atoms with Gasteiger partial charge in [-0.15, -0.1) is 0 Å². The number of carbonyl (C=O) groups is 3. The lowest BCUT2D eigenvalue weighted by Gasteiger charge is -2.29. The number of rotatable bonds is 11. The summed E-state index contributed by atoms with van der Waals surface area (Å²) in [5.41, 5.74) is 2.98. The first-order chi connectivity index (χ1) is 20.8. The molecule has 0 saturated carbocycles. The molecule has 4 N–H and O–H groups in total. The zero-order chi connectivity index (χ0) is 32.3. The zero-order valence-corrected chi connectivity index (χ0v) is 25.7. The number of aliphatic carboxylic acids is 1. The molecule has 0 radical (unpaired) electrons. The fourth-order valence-electron chi connectivity index (χ4n) is 4.69. The maximum Gasteiger partial charge on any atom is 0.330 e. The van der Waals surface area contributed by atoms with Gasteiger partial charge in [-0.1, -0.05) is 86.8 Å². The van der Waals surface area contributed by atoms with Gasteiger partial charge in [0, 0.05) is 23.7 Å². The number of pyridine rings is 1. The molecule has 1 unspecified atom stereocenters. The summed E-state index contributed by atoms with van der Waals surface area (Å²) < 4.78 is 0. The minimum Gasteiger partial charge on any atom is -0.478 e. The number of nitrogens with one attached hydrogen (secondary N) is 3. The van der Waals surface area contributed by atoms with E-state index in [-0.39, 0.29) is 18.1 Å². The summed E-state index contributed by atoms with van der Waals surface area (Å²) in [7, 11) is 0. The van der Waals surface area contributed by atoms with E-state index in [9.17, 15) is 19.5 Å². The SMILES string of the molecule is C=c1ccccc(=C)c(-c2ccc(/C(=C\C(=O)O)NC(=O)CNC(=O)C(C)CC(C)(C)Nc3cc(C)ccn3)cc2)ccc1. The molecule has 8 heteroatoms. The predicted molar refractivity (Wildman–Crippen MR) is 177 cm³/mol. The average molecular weight is 593 g/mol. The van der Waals surface area contributed by atoms with Crippen LogP contribution in [0.25, 0.3) is 30.0 Å². The smallest absolute Gasteiger partial charge is 0.330 e. The van der Waals surface area contributed by atoms with E-state index in [1.807, 2.05) is 87.5 Å². The van der Waals surface area contributed by atoms with Crippen molar-refractivity contribution >= 4 is 42.5 Å². The molecule has 0 bridgehead atoms. The largest absolute Gasteiger partial charge is 0.478 e. The van der Waals surface area contributed by atoms with Crippen molar-refractivity contribution in [2.45, 2.75) is 39.7 Å². The maximum absolute atomic E-state index is 12.8. The Balaban J connectivity index is 1.67. The molecule has 3 rings (SSSR count). The number of hydrogen-bond donors (Lipinski definition) is 4. The van der Waals surface area contributed by atoms with Crippen molar-refractivity contribution in [2.24, 2.45) is 5.92 Å². The molecule has 0 aliphatic rings. The van der Waals surface area contributed by atoms with Gasteiger partial charge in [0.1, 0.15) is 5.82 Å². The summed E-state index contributed by atoms with van der Waals surface area (Å²) in [4.78, 5) is 41.5. The van der Waals surface area contributed by atoms with E-state index in [0.717, 1.165) is 39.0 Å². The Labute approximate surface area is 258 Å². The van der Waals surface area contributed by atoms with Gasteiger partial charge in [-0.25, -0.2) is 9.78 Å². The van der Waals surface area contributed by atoms with Crippen molar-refractivity contribution in [1.29, 1.82) is 0 Å². The van der Waals surface area contributed by atoms with E-state index in [2.05, 4.69) is 34.1 Å². The van der Waals surface area contributed by atoms with Gasteiger partial charge in [0.25, 0.3) is 0 Å². The van der Waals surface area contributed by atoms with Gasteiger partial charge in [0.15, 0.2) is 0 Å². The first-order valence-electron chi connectivity index (χ1n) is 14.3. The third-order valence-corrected chi connectivity index (χ3v) is 6.76. The number of aryl methyl sites for hydroxylation is 1. The van der Waals surface area contributed by atoms with Crippen LogP contribution >= 0.6 is 0 Å². The van der Waals surface area contributed by atoms with Crippen LogP contribution in [0.2, 0.25) is 0 Å². The van der Waals surface area contributed by atoms with Crippen molar-refractivity contribution in [3.05, 3.63) is 113 Å². The van der Waals surface area contributed by atoms with Crippen LogP contribution in [-0.2, 0) is 14.4 Å². The topological polar surface area (TPSA) is 120 Å². The van der Waals surface area contributed by atoms with Crippen LogP contribution < -0.4 is 26.4 Å². The van der Waals surface area contributed by atoms with Crippen molar-refractivity contribution in [3.63, 3.8) is 0 Å². The molecule has 0 aliphatic carbocycles. The lowest BCUT2D eigenvalue weighted by Crippen LogP contribution is -2.42. The molecule has 0 spiro atoms. The highest BCUT2D eigenvalue weighted by atomic mass is 16.4. The Morgan fingerprint density at radius 2 is 1.66 bits per heavy atom. The number of nitrogens with zero attached hydrogens (tertiary/aromatic N) is 1. The summed E-state index contributed by atoms with van der Waals surface area (Å²) in [6, 6.07) is 24.2. The number of anilines is 1. The Morgan fingerprint density at radius 1 is 0.977 bits per heavy atom. The monoisotopic (exact) mass is 592 g/mol. The fourth-order valence-corrected chi connectivity index (χ4v) is 4.69. The van der Waals surface area contributed by atoms with E-state index in [1.165, 1.54) is 0 Å². The van der Waals surface area contributed by atoms with Gasteiger partial charge in [-0.2, -0.15) is 0 Å². The molecule has 1 heterocycles. The summed E-state index contributed by atoms with van der Waals surface area (Å²) in [6.07, 6.45) is 3.15. The Bertz CT molecular complexity index is 1700. The molecule has 228 valence electrons. The van der Waals surface area contributed by atoms with Gasteiger partial charge >= 0.3 is 5.97 Å². The minimum atomic E-state index is -1.22. The van der Waals surface area contributed by atoms with Crippen LogP contribution in [0.3, 0.4) is 0 Å². The van der Waals surface area contributed by atoms with Crippen LogP contribution in [0.15, 0.2) is 91.1 Å². The fraction of sp³-hybridized carbons (Fsp3) is 0.222. The number of aromatic nitrogens is 1. The van der Waals surface area contributed by atoms with Crippen molar-refractivity contribution in [3.8, 4) is 11.1 Å². The molecule has 0 fully saturated rings. The van der Waals surface area contributed by atoms with E-state index in [4.69, 9.17) is 0 Å². The van der Waals surface area contributed by atoms with E-state index >= 15 is 0 Å². The molecular weight excluding hydrogens is 552 g/mol. The number of carbonyl (C=O) groups excluding carboxylic acids is 2. The van der Waals surface area contributed by atoms with Crippen LogP contribution in [0.5, 0.6) is 0 Å². The minimum absolute atomic E-state index is 0.104. The van der Waals surface area contributed by atoms with E-state index in [1.54, 1.807) is 25.3 Å². The average Bonchev–Trinajstić information content (AvgIpc) is 2.95. The third kappa shape index (κ3) is 10.5. The number of carboxylic acids is 1. The molecule has 3 aromatic rings. The lowest BCUT2D eigenvalue weighted by atomic mass is 9.91. The molecule has 1 atom stereocenters. The Hall–Kier alpha value is -5.24. The van der Waals surface area contributed by atoms with E-state index < -0.39 is 23.3 Å². The second-order valence-corrected chi connectivity index (χ2v) is 11.3.